The summed E-state index contributed by atoms with van der Waals surface area (Å²) >= 11 is 6.41. The van der Waals surface area contributed by atoms with Crippen LogP contribution < -0.4 is 15.4 Å². The van der Waals surface area contributed by atoms with Gasteiger partial charge in [0.25, 0.3) is 0 Å². The van der Waals surface area contributed by atoms with Crippen molar-refractivity contribution in [2.45, 2.75) is 64.0 Å². The van der Waals surface area contributed by atoms with Gasteiger partial charge in [-0.05, 0) is 100 Å². The fraction of sp³-hybridized carbons (Fsp3) is 0.484. The molecule has 0 spiro atoms. The highest BCUT2D eigenvalue weighted by molar-refractivity contribution is 7.92. The molecular formula is C31H42ClN5O3S. The van der Waals surface area contributed by atoms with E-state index < -0.39 is 15.1 Å². The Kier molecular flexibility index (Phi) is 10.2. The lowest BCUT2D eigenvalue weighted by atomic mass is 9.86. The van der Waals surface area contributed by atoms with Gasteiger partial charge in [-0.15, -0.1) is 0 Å². The van der Waals surface area contributed by atoms with Crippen LogP contribution in [0.25, 0.3) is 0 Å². The maximum Gasteiger partial charge on any atom is 0.229 e. The van der Waals surface area contributed by atoms with E-state index in [1.807, 2.05) is 0 Å². The molecule has 2 heterocycles. The first-order chi connectivity index (χ1) is 19.5. The Hall–Kier alpha value is -2.88. The van der Waals surface area contributed by atoms with Crippen molar-refractivity contribution in [3.8, 4) is 5.75 Å². The van der Waals surface area contributed by atoms with Crippen LogP contribution in [0.5, 0.6) is 5.75 Å². The number of nitrogens with zero attached hydrogens (tertiary/aromatic N) is 3. The van der Waals surface area contributed by atoms with Gasteiger partial charge in [0.1, 0.15) is 10.8 Å². The van der Waals surface area contributed by atoms with Crippen LogP contribution in [-0.4, -0.2) is 55.3 Å². The molecule has 3 aromatic rings. The fourth-order valence-electron chi connectivity index (χ4n) is 5.22. The van der Waals surface area contributed by atoms with Crippen molar-refractivity contribution in [3.05, 3.63) is 58.7 Å². The number of rotatable bonds is 11. The minimum Gasteiger partial charge on any atom is -0.495 e. The van der Waals surface area contributed by atoms with Crippen molar-refractivity contribution in [1.29, 1.82) is 0 Å². The van der Waals surface area contributed by atoms with Crippen molar-refractivity contribution in [3.63, 3.8) is 0 Å². The monoisotopic (exact) mass is 599 g/mol. The Labute approximate surface area is 249 Å². The number of nitrogens with one attached hydrogen (secondary N) is 2. The molecule has 0 amide bonds. The summed E-state index contributed by atoms with van der Waals surface area (Å²) < 4.78 is 31.5. The number of hydrogen-bond acceptors (Lipinski definition) is 8. The molecule has 1 aliphatic heterocycles. The minimum absolute atomic E-state index is 0.191. The predicted octanol–water partition coefficient (Wildman–Crippen LogP) is 7.03. The highest BCUT2D eigenvalue weighted by Gasteiger charge is 2.24. The molecule has 1 aromatic heterocycles. The second-order valence-electron chi connectivity index (χ2n) is 11.4. The van der Waals surface area contributed by atoms with Crippen LogP contribution >= 0.6 is 11.6 Å². The lowest BCUT2D eigenvalue weighted by Gasteiger charge is -2.34. The topological polar surface area (TPSA) is 96.5 Å². The maximum atomic E-state index is 12.9. The van der Waals surface area contributed by atoms with Gasteiger partial charge in [0.05, 0.1) is 34.8 Å². The number of benzene rings is 2. The summed E-state index contributed by atoms with van der Waals surface area (Å²) in [7, 11) is -1.87. The number of sulfone groups is 1. The Bertz CT molecular complexity index is 1450. The van der Waals surface area contributed by atoms with E-state index >= 15 is 0 Å². The number of methoxy groups -OCH3 is 1. The zero-order chi connectivity index (χ0) is 29.7. The van der Waals surface area contributed by atoms with Crippen molar-refractivity contribution in [2.75, 3.05) is 37.4 Å². The van der Waals surface area contributed by atoms with Crippen molar-refractivity contribution >= 4 is 44.6 Å². The quantitative estimate of drug-likeness (QED) is 0.242. The van der Waals surface area contributed by atoms with E-state index in [1.54, 1.807) is 45.2 Å². The first-order valence-electron chi connectivity index (χ1n) is 14.3. The molecule has 0 aliphatic carbocycles. The van der Waals surface area contributed by atoms with Crippen LogP contribution in [0.3, 0.4) is 0 Å². The van der Waals surface area contributed by atoms with E-state index in [0.717, 1.165) is 49.1 Å². The van der Waals surface area contributed by atoms with Gasteiger partial charge in [0, 0.05) is 6.54 Å². The molecule has 0 bridgehead atoms. The summed E-state index contributed by atoms with van der Waals surface area (Å²) in [5, 5.41) is 6.05. The van der Waals surface area contributed by atoms with Crippen LogP contribution in [0.1, 0.15) is 51.7 Å². The van der Waals surface area contributed by atoms with Crippen molar-refractivity contribution in [1.82, 2.24) is 14.9 Å². The van der Waals surface area contributed by atoms with Gasteiger partial charge in [-0.25, -0.2) is 13.4 Å². The number of ether oxygens (including phenoxy) is 1. The average molecular weight is 600 g/mol. The number of aromatic nitrogens is 2. The molecule has 0 atom stereocenters. The number of para-hydroxylation sites is 1. The summed E-state index contributed by atoms with van der Waals surface area (Å²) in [5.41, 5.74) is 3.55. The molecule has 1 fully saturated rings. The van der Waals surface area contributed by atoms with Gasteiger partial charge in [-0.1, -0.05) is 37.6 Å². The smallest absolute Gasteiger partial charge is 0.229 e. The Balaban J connectivity index is 1.50. The van der Waals surface area contributed by atoms with Crippen LogP contribution in [0, 0.1) is 18.8 Å². The number of piperidine rings is 1. The molecule has 0 unspecified atom stereocenters. The SMILES string of the molecule is COc1cc(CCN2CCC(C(C)C)CC2)c(C)cc1Nc1ncc(Cl)c(Nc2ccccc2S(=O)(=O)C(C)C)n1. The van der Waals surface area contributed by atoms with E-state index in [4.69, 9.17) is 16.3 Å². The molecule has 10 heteroatoms. The van der Waals surface area contributed by atoms with Crippen molar-refractivity contribution < 1.29 is 13.2 Å². The van der Waals surface area contributed by atoms with Gasteiger partial charge >= 0.3 is 0 Å². The summed E-state index contributed by atoms with van der Waals surface area (Å²) in [4.78, 5) is 11.7. The molecule has 41 heavy (non-hydrogen) atoms. The molecular weight excluding hydrogens is 558 g/mol. The van der Waals surface area contributed by atoms with Crippen LogP contribution in [-0.2, 0) is 16.3 Å². The normalized spacial score (nSPS) is 15.0. The Morgan fingerprint density at radius 3 is 2.44 bits per heavy atom. The maximum absolute atomic E-state index is 12.9. The van der Waals surface area contributed by atoms with E-state index in [-0.39, 0.29) is 9.92 Å². The van der Waals surface area contributed by atoms with Gasteiger partial charge in [0.2, 0.25) is 5.95 Å². The van der Waals surface area contributed by atoms with Gasteiger partial charge < -0.3 is 20.3 Å². The van der Waals surface area contributed by atoms with Gasteiger partial charge in [0.15, 0.2) is 15.7 Å². The van der Waals surface area contributed by atoms with E-state index in [0.29, 0.717) is 23.2 Å². The highest BCUT2D eigenvalue weighted by atomic mass is 35.5. The van der Waals surface area contributed by atoms with E-state index in [1.165, 1.54) is 24.6 Å². The Morgan fingerprint density at radius 2 is 1.78 bits per heavy atom. The third kappa shape index (κ3) is 7.50. The number of aryl methyl sites for hydroxylation is 1. The van der Waals surface area contributed by atoms with E-state index in [2.05, 4.69) is 58.4 Å². The second kappa shape index (κ2) is 13.4. The molecule has 0 saturated carbocycles. The molecule has 222 valence electrons. The second-order valence-corrected chi connectivity index (χ2v) is 14.3. The zero-order valence-electron chi connectivity index (χ0n) is 24.9. The molecule has 2 aromatic carbocycles. The lowest BCUT2D eigenvalue weighted by molar-refractivity contribution is 0.159. The molecule has 1 saturated heterocycles. The highest BCUT2D eigenvalue weighted by Crippen LogP contribution is 2.33. The van der Waals surface area contributed by atoms with Gasteiger partial charge in [-0.2, -0.15) is 4.98 Å². The summed E-state index contributed by atoms with van der Waals surface area (Å²) in [6, 6.07) is 10.9. The standard InChI is InChI=1S/C31H42ClN5O3S/c1-20(2)23-11-14-37(15-12-23)16-13-24-18-28(40-6)27(17-22(24)5)35-31-33-19-25(32)30(36-31)34-26-9-7-8-10-29(26)41(38,39)21(3)4/h7-10,17-21,23H,11-16H2,1-6H3,(H2,33,34,35,36). The lowest BCUT2D eigenvalue weighted by Crippen LogP contribution is -2.36. The van der Waals surface area contributed by atoms with Crippen molar-refractivity contribution in [2.24, 2.45) is 11.8 Å². The fourth-order valence-corrected chi connectivity index (χ4v) is 6.56. The molecule has 2 N–H and O–H groups in total. The van der Waals surface area contributed by atoms with E-state index in [9.17, 15) is 8.42 Å². The third-order valence-corrected chi connectivity index (χ3v) is 10.5. The zero-order valence-corrected chi connectivity index (χ0v) is 26.4. The third-order valence-electron chi connectivity index (χ3n) is 7.99. The summed E-state index contributed by atoms with van der Waals surface area (Å²) in [6.07, 6.45) is 4.99. The number of hydrogen-bond donors (Lipinski definition) is 2. The molecule has 4 rings (SSSR count). The first-order valence-corrected chi connectivity index (χ1v) is 16.2. The average Bonchev–Trinajstić information content (AvgIpc) is 2.94. The van der Waals surface area contributed by atoms with Gasteiger partial charge in [-0.3, -0.25) is 0 Å². The van der Waals surface area contributed by atoms with Crippen LogP contribution in [0.2, 0.25) is 5.02 Å². The van der Waals surface area contributed by atoms with Crippen LogP contribution in [0.15, 0.2) is 47.5 Å². The molecule has 1 aliphatic rings. The molecule has 8 nitrogen and oxygen atoms in total. The summed E-state index contributed by atoms with van der Waals surface area (Å²) in [5.74, 6) is 2.90. The number of anilines is 4. The summed E-state index contributed by atoms with van der Waals surface area (Å²) in [6.45, 7) is 13.4. The number of likely N-dealkylation sites (tertiary alicyclic amines) is 1. The van der Waals surface area contributed by atoms with Crippen LogP contribution in [0.4, 0.5) is 23.1 Å². The largest absolute Gasteiger partial charge is 0.495 e. The predicted molar refractivity (Wildman–Crippen MR) is 168 cm³/mol. The number of halogens is 1. The minimum atomic E-state index is -3.52. The Morgan fingerprint density at radius 1 is 1.07 bits per heavy atom. The molecule has 0 radical (unpaired) electrons. The first kappa shape index (κ1) is 31.1.